The predicted octanol–water partition coefficient (Wildman–Crippen LogP) is 1.75. The summed E-state index contributed by atoms with van der Waals surface area (Å²) in [5.74, 6) is 0.293. The highest BCUT2D eigenvalue weighted by Crippen LogP contribution is 2.18. The summed E-state index contributed by atoms with van der Waals surface area (Å²) in [7, 11) is -3.27. The number of aliphatic hydroxyl groups is 1. The number of hydrogen-bond donors (Lipinski definition) is 2. The average Bonchev–Trinajstić information content (AvgIpc) is 2.12. The molecule has 2 N–H and O–H groups in total. The fourth-order valence-electron chi connectivity index (χ4n) is 1.52. The molecule has 0 heterocycles. The monoisotopic (exact) mass is 265 g/mol. The van der Waals surface area contributed by atoms with Crippen LogP contribution >= 0.6 is 0 Å². The van der Waals surface area contributed by atoms with Crippen LogP contribution in [0.2, 0.25) is 0 Å². The molecular formula is C12H27NO3S. The minimum atomic E-state index is -3.27. The van der Waals surface area contributed by atoms with Gasteiger partial charge in [-0.15, -0.1) is 0 Å². The number of rotatable bonds is 7. The summed E-state index contributed by atoms with van der Waals surface area (Å²) in [4.78, 5) is 0. The summed E-state index contributed by atoms with van der Waals surface area (Å²) in [6, 6.07) is 0. The molecule has 2 unspecified atom stereocenters. The average molecular weight is 265 g/mol. The highest BCUT2D eigenvalue weighted by molar-refractivity contribution is 7.89. The molecule has 0 spiro atoms. The van der Waals surface area contributed by atoms with Gasteiger partial charge < -0.3 is 5.11 Å². The number of hydrogen-bond acceptors (Lipinski definition) is 3. The van der Waals surface area contributed by atoms with E-state index in [0.29, 0.717) is 0 Å². The van der Waals surface area contributed by atoms with Crippen molar-refractivity contribution in [2.24, 2.45) is 11.3 Å². The molecule has 4 nitrogen and oxygen atoms in total. The Labute approximate surface area is 106 Å². The Bertz CT molecular complexity index is 306. The van der Waals surface area contributed by atoms with E-state index in [2.05, 4.69) is 4.72 Å². The lowest BCUT2D eigenvalue weighted by atomic mass is 9.89. The van der Waals surface area contributed by atoms with E-state index in [-0.39, 0.29) is 23.6 Å². The molecule has 0 aromatic heterocycles. The van der Waals surface area contributed by atoms with Crippen molar-refractivity contribution >= 4 is 10.0 Å². The zero-order chi connectivity index (χ0) is 13.7. The van der Waals surface area contributed by atoms with Crippen LogP contribution in [-0.4, -0.2) is 31.9 Å². The van der Waals surface area contributed by atoms with Gasteiger partial charge in [0.05, 0.1) is 11.9 Å². The summed E-state index contributed by atoms with van der Waals surface area (Å²) >= 11 is 0. The third-order valence-corrected chi connectivity index (χ3v) is 4.40. The molecule has 0 bridgehead atoms. The van der Waals surface area contributed by atoms with E-state index in [9.17, 15) is 13.5 Å². The Kier molecular flexibility index (Phi) is 6.66. The predicted molar refractivity (Wildman–Crippen MR) is 71.3 cm³/mol. The first-order chi connectivity index (χ1) is 7.58. The van der Waals surface area contributed by atoms with E-state index in [1.807, 2.05) is 34.6 Å². The SMILES string of the molecule is CCCC(C)CS(=O)(=O)NCC(O)C(C)(C)C. The Balaban J connectivity index is 4.20. The maximum atomic E-state index is 11.7. The summed E-state index contributed by atoms with van der Waals surface area (Å²) < 4.78 is 25.9. The Morgan fingerprint density at radius 2 is 1.82 bits per heavy atom. The van der Waals surface area contributed by atoms with Gasteiger partial charge in [0, 0.05) is 6.54 Å². The molecule has 2 atom stereocenters. The molecule has 0 saturated carbocycles. The van der Waals surface area contributed by atoms with E-state index in [0.717, 1.165) is 12.8 Å². The second kappa shape index (κ2) is 6.71. The molecule has 0 rings (SSSR count). The van der Waals surface area contributed by atoms with E-state index >= 15 is 0 Å². The Hall–Kier alpha value is -0.130. The first-order valence-electron chi connectivity index (χ1n) is 6.24. The molecule has 0 aromatic rings. The van der Waals surface area contributed by atoms with Crippen LogP contribution in [0, 0.1) is 11.3 Å². The minimum Gasteiger partial charge on any atom is -0.391 e. The normalized spacial score (nSPS) is 16.8. The highest BCUT2D eigenvalue weighted by atomic mass is 32.2. The van der Waals surface area contributed by atoms with E-state index in [4.69, 9.17) is 0 Å². The first kappa shape index (κ1) is 16.9. The molecular weight excluding hydrogens is 238 g/mol. The number of nitrogens with one attached hydrogen (secondary N) is 1. The van der Waals surface area contributed by atoms with Crippen LogP contribution in [-0.2, 0) is 10.0 Å². The highest BCUT2D eigenvalue weighted by Gasteiger charge is 2.24. The van der Waals surface area contributed by atoms with Crippen molar-refractivity contribution in [1.29, 1.82) is 0 Å². The lowest BCUT2D eigenvalue weighted by molar-refractivity contribution is 0.0676. The van der Waals surface area contributed by atoms with Gasteiger partial charge >= 0.3 is 0 Å². The molecule has 0 radical (unpaired) electrons. The molecule has 0 aliphatic carbocycles. The van der Waals surface area contributed by atoms with Gasteiger partial charge in [0.2, 0.25) is 10.0 Å². The third kappa shape index (κ3) is 7.73. The van der Waals surface area contributed by atoms with E-state index in [1.165, 1.54) is 0 Å². The molecule has 0 fully saturated rings. The molecule has 5 heteroatoms. The summed E-state index contributed by atoms with van der Waals surface area (Å²) in [5, 5.41) is 9.76. The lowest BCUT2D eigenvalue weighted by Crippen LogP contribution is -2.40. The van der Waals surface area contributed by atoms with Crippen molar-refractivity contribution in [3.63, 3.8) is 0 Å². The van der Waals surface area contributed by atoms with Gasteiger partial charge in [0.25, 0.3) is 0 Å². The number of sulfonamides is 1. The molecule has 0 aromatic carbocycles. The van der Waals surface area contributed by atoms with Crippen LogP contribution in [0.4, 0.5) is 0 Å². The van der Waals surface area contributed by atoms with Crippen LogP contribution in [0.3, 0.4) is 0 Å². The van der Waals surface area contributed by atoms with E-state index in [1.54, 1.807) is 0 Å². The molecule has 0 amide bonds. The van der Waals surface area contributed by atoms with Crippen molar-refractivity contribution in [3.05, 3.63) is 0 Å². The van der Waals surface area contributed by atoms with Crippen LogP contribution in [0.1, 0.15) is 47.5 Å². The van der Waals surface area contributed by atoms with Crippen molar-refractivity contribution in [2.75, 3.05) is 12.3 Å². The Morgan fingerprint density at radius 1 is 1.29 bits per heavy atom. The maximum Gasteiger partial charge on any atom is 0.211 e. The van der Waals surface area contributed by atoms with Crippen molar-refractivity contribution in [3.8, 4) is 0 Å². The Morgan fingerprint density at radius 3 is 2.24 bits per heavy atom. The van der Waals surface area contributed by atoms with Crippen LogP contribution in [0.25, 0.3) is 0 Å². The van der Waals surface area contributed by atoms with Crippen molar-refractivity contribution in [2.45, 2.75) is 53.6 Å². The second-order valence-corrected chi connectivity index (χ2v) is 7.76. The third-order valence-electron chi connectivity index (χ3n) is 2.78. The molecule has 0 aliphatic heterocycles. The largest absolute Gasteiger partial charge is 0.391 e. The van der Waals surface area contributed by atoms with Crippen LogP contribution in [0.15, 0.2) is 0 Å². The second-order valence-electron chi connectivity index (χ2n) is 5.91. The van der Waals surface area contributed by atoms with Gasteiger partial charge in [-0.05, 0) is 17.8 Å². The summed E-state index contributed by atoms with van der Waals surface area (Å²) in [6.07, 6.45) is 1.23. The number of aliphatic hydroxyl groups excluding tert-OH is 1. The van der Waals surface area contributed by atoms with Gasteiger partial charge in [-0.2, -0.15) is 0 Å². The van der Waals surface area contributed by atoms with Gasteiger partial charge in [0.15, 0.2) is 0 Å². The van der Waals surface area contributed by atoms with Gasteiger partial charge in [-0.3, -0.25) is 0 Å². The maximum absolute atomic E-state index is 11.7. The van der Waals surface area contributed by atoms with Gasteiger partial charge in [-0.1, -0.05) is 41.0 Å². The fraction of sp³-hybridized carbons (Fsp3) is 1.00. The van der Waals surface area contributed by atoms with Crippen molar-refractivity contribution in [1.82, 2.24) is 4.72 Å². The fourth-order valence-corrected chi connectivity index (χ4v) is 2.97. The van der Waals surface area contributed by atoms with Gasteiger partial charge in [-0.25, -0.2) is 13.1 Å². The van der Waals surface area contributed by atoms with Crippen LogP contribution in [0.5, 0.6) is 0 Å². The smallest absolute Gasteiger partial charge is 0.211 e. The molecule has 0 aliphatic rings. The van der Waals surface area contributed by atoms with Crippen molar-refractivity contribution < 1.29 is 13.5 Å². The quantitative estimate of drug-likeness (QED) is 0.737. The zero-order valence-electron chi connectivity index (χ0n) is 11.7. The minimum absolute atomic E-state index is 0.0880. The molecule has 17 heavy (non-hydrogen) atoms. The topological polar surface area (TPSA) is 66.4 Å². The molecule has 0 saturated heterocycles. The zero-order valence-corrected chi connectivity index (χ0v) is 12.5. The standard InChI is InChI=1S/C12H27NO3S/c1-6-7-10(2)9-17(15,16)13-8-11(14)12(3,4)5/h10-11,13-14H,6-9H2,1-5H3. The first-order valence-corrected chi connectivity index (χ1v) is 7.89. The summed E-state index contributed by atoms with van der Waals surface area (Å²) in [6.45, 7) is 9.70. The molecule has 104 valence electrons. The van der Waals surface area contributed by atoms with E-state index < -0.39 is 16.1 Å². The lowest BCUT2D eigenvalue weighted by Gasteiger charge is -2.26. The summed E-state index contributed by atoms with van der Waals surface area (Å²) in [5.41, 5.74) is -0.308. The van der Waals surface area contributed by atoms with Gasteiger partial charge in [0.1, 0.15) is 0 Å². The van der Waals surface area contributed by atoms with Crippen LogP contribution < -0.4 is 4.72 Å².